The van der Waals surface area contributed by atoms with Crippen molar-refractivity contribution in [3.05, 3.63) is 35.2 Å². The van der Waals surface area contributed by atoms with E-state index in [-0.39, 0.29) is 6.54 Å². The maximum atomic E-state index is 11.5. The number of aliphatic hydroxyl groups is 2. The summed E-state index contributed by atoms with van der Waals surface area (Å²) in [7, 11) is 0. The number of carbonyl (C=O) groups is 1. The molecule has 5 nitrogen and oxygen atoms in total. The number of thiophene rings is 1. The van der Waals surface area contributed by atoms with Crippen molar-refractivity contribution < 1.29 is 19.7 Å². The number of aliphatic hydroxyl groups excluding tert-OH is 2. The number of amides is 1. The van der Waals surface area contributed by atoms with Crippen LogP contribution in [0.3, 0.4) is 0 Å². The maximum Gasteiger partial charge on any atom is 0.407 e. The lowest BCUT2D eigenvalue weighted by atomic mass is 10.1. The van der Waals surface area contributed by atoms with Crippen LogP contribution in [0.1, 0.15) is 31.8 Å². The smallest absolute Gasteiger partial charge is 0.407 e. The molecule has 2 unspecified atom stereocenters. The lowest BCUT2D eigenvalue weighted by molar-refractivity contribution is 0.0147. The quantitative estimate of drug-likeness (QED) is 0.808. The summed E-state index contributed by atoms with van der Waals surface area (Å²) >= 11 is 1.42. The Kier molecular flexibility index (Phi) is 5.05. The first-order valence-corrected chi connectivity index (χ1v) is 7.89. The SMILES string of the molecule is CC(C)(C)OC(=O)NCC(O)C(O)c1cc2ccccc2s1. The molecule has 22 heavy (non-hydrogen) atoms. The molecule has 0 aliphatic rings. The predicted octanol–water partition coefficient (Wildman–Crippen LogP) is 2.82. The first-order valence-electron chi connectivity index (χ1n) is 7.08. The molecular weight excluding hydrogens is 302 g/mol. The molecule has 1 aromatic heterocycles. The van der Waals surface area contributed by atoms with Gasteiger partial charge in [0.05, 0.1) is 0 Å². The highest BCUT2D eigenvalue weighted by molar-refractivity contribution is 7.19. The van der Waals surface area contributed by atoms with Gasteiger partial charge in [0.25, 0.3) is 0 Å². The van der Waals surface area contributed by atoms with Crippen molar-refractivity contribution in [2.24, 2.45) is 0 Å². The van der Waals surface area contributed by atoms with Gasteiger partial charge in [-0.15, -0.1) is 11.3 Å². The first kappa shape index (κ1) is 16.7. The topological polar surface area (TPSA) is 78.8 Å². The van der Waals surface area contributed by atoms with Gasteiger partial charge in [0.2, 0.25) is 0 Å². The Morgan fingerprint density at radius 1 is 1.32 bits per heavy atom. The minimum absolute atomic E-state index is 0.0790. The fraction of sp³-hybridized carbons (Fsp3) is 0.438. The standard InChI is InChI=1S/C16H21NO4S/c1-16(2,3)21-15(20)17-9-11(18)14(19)13-8-10-6-4-5-7-12(10)22-13/h4-8,11,14,18-19H,9H2,1-3H3,(H,17,20). The third kappa shape index (κ3) is 4.43. The molecule has 0 saturated carbocycles. The summed E-state index contributed by atoms with van der Waals surface area (Å²) in [6, 6.07) is 9.61. The van der Waals surface area contributed by atoms with Crippen LogP contribution >= 0.6 is 11.3 Å². The number of hydrogen-bond acceptors (Lipinski definition) is 5. The van der Waals surface area contributed by atoms with Gasteiger partial charge in [0.1, 0.15) is 17.8 Å². The van der Waals surface area contributed by atoms with E-state index in [1.807, 2.05) is 30.3 Å². The molecule has 120 valence electrons. The Bertz CT molecular complexity index is 614. The van der Waals surface area contributed by atoms with Gasteiger partial charge in [0, 0.05) is 16.1 Å². The highest BCUT2D eigenvalue weighted by Gasteiger charge is 2.22. The number of alkyl carbamates (subject to hydrolysis) is 1. The summed E-state index contributed by atoms with van der Waals surface area (Å²) in [5, 5.41) is 23.7. The summed E-state index contributed by atoms with van der Waals surface area (Å²) in [5.74, 6) is 0. The Hall–Kier alpha value is -1.63. The summed E-state index contributed by atoms with van der Waals surface area (Å²) in [6.45, 7) is 5.20. The molecule has 3 N–H and O–H groups in total. The molecule has 0 saturated heterocycles. The van der Waals surface area contributed by atoms with Gasteiger partial charge in [-0.3, -0.25) is 0 Å². The minimum Gasteiger partial charge on any atom is -0.444 e. The van der Waals surface area contributed by atoms with Crippen molar-refractivity contribution in [2.75, 3.05) is 6.54 Å². The summed E-state index contributed by atoms with van der Waals surface area (Å²) < 4.78 is 6.13. The average Bonchev–Trinajstić information content (AvgIpc) is 2.85. The van der Waals surface area contributed by atoms with Crippen LogP contribution < -0.4 is 5.32 Å². The molecule has 2 atom stereocenters. The predicted molar refractivity (Wildman–Crippen MR) is 87.0 cm³/mol. The van der Waals surface area contributed by atoms with Crippen LogP contribution in [-0.2, 0) is 4.74 Å². The molecular formula is C16H21NO4S. The van der Waals surface area contributed by atoms with Crippen molar-refractivity contribution >= 4 is 27.5 Å². The van der Waals surface area contributed by atoms with E-state index in [0.29, 0.717) is 4.88 Å². The van der Waals surface area contributed by atoms with Crippen LogP contribution in [0.5, 0.6) is 0 Å². The van der Waals surface area contributed by atoms with Crippen molar-refractivity contribution in [3.63, 3.8) is 0 Å². The van der Waals surface area contributed by atoms with E-state index in [9.17, 15) is 15.0 Å². The number of ether oxygens (including phenoxy) is 1. The average molecular weight is 323 g/mol. The number of rotatable bonds is 4. The third-order valence-corrected chi connectivity index (χ3v) is 4.14. The fourth-order valence-corrected chi connectivity index (χ4v) is 3.06. The zero-order valence-corrected chi connectivity index (χ0v) is 13.7. The Morgan fingerprint density at radius 2 is 2.00 bits per heavy atom. The Labute approximate surface area is 133 Å². The summed E-state index contributed by atoms with van der Waals surface area (Å²) in [6.07, 6.45) is -2.76. The third-order valence-electron chi connectivity index (χ3n) is 2.95. The maximum absolute atomic E-state index is 11.5. The van der Waals surface area contributed by atoms with E-state index < -0.39 is 23.9 Å². The van der Waals surface area contributed by atoms with Crippen molar-refractivity contribution in [1.29, 1.82) is 0 Å². The number of carbonyl (C=O) groups excluding carboxylic acids is 1. The molecule has 1 aromatic carbocycles. The van der Waals surface area contributed by atoms with Crippen molar-refractivity contribution in [2.45, 2.75) is 38.6 Å². The second-order valence-corrected chi connectivity index (χ2v) is 7.20. The molecule has 1 heterocycles. The van der Waals surface area contributed by atoms with E-state index in [0.717, 1.165) is 10.1 Å². The van der Waals surface area contributed by atoms with Crippen LogP contribution in [0.15, 0.2) is 30.3 Å². The van der Waals surface area contributed by atoms with E-state index in [1.54, 1.807) is 20.8 Å². The lowest BCUT2D eigenvalue weighted by Crippen LogP contribution is -2.38. The Morgan fingerprint density at radius 3 is 2.64 bits per heavy atom. The van der Waals surface area contributed by atoms with Crippen molar-refractivity contribution in [1.82, 2.24) is 5.32 Å². The monoisotopic (exact) mass is 323 g/mol. The van der Waals surface area contributed by atoms with Crippen LogP contribution in [0.4, 0.5) is 4.79 Å². The van der Waals surface area contributed by atoms with Gasteiger partial charge < -0.3 is 20.3 Å². The van der Waals surface area contributed by atoms with E-state index in [2.05, 4.69) is 5.32 Å². The van der Waals surface area contributed by atoms with Gasteiger partial charge in [0.15, 0.2) is 0 Å². The second-order valence-electron chi connectivity index (χ2n) is 6.08. The van der Waals surface area contributed by atoms with Gasteiger partial charge in [-0.2, -0.15) is 0 Å². The number of nitrogens with one attached hydrogen (secondary N) is 1. The molecule has 0 aliphatic heterocycles. The highest BCUT2D eigenvalue weighted by Crippen LogP contribution is 2.31. The normalized spacial score (nSPS) is 14.6. The van der Waals surface area contributed by atoms with Crippen LogP contribution in [0.2, 0.25) is 0 Å². The largest absolute Gasteiger partial charge is 0.444 e. The lowest BCUT2D eigenvalue weighted by Gasteiger charge is -2.21. The van der Waals surface area contributed by atoms with Gasteiger partial charge >= 0.3 is 6.09 Å². The van der Waals surface area contributed by atoms with Gasteiger partial charge in [-0.25, -0.2) is 4.79 Å². The van der Waals surface area contributed by atoms with Gasteiger partial charge in [-0.05, 0) is 38.3 Å². The second kappa shape index (κ2) is 6.64. The number of fused-ring (bicyclic) bond motifs is 1. The molecule has 0 fully saturated rings. The van der Waals surface area contributed by atoms with E-state index >= 15 is 0 Å². The molecule has 0 radical (unpaired) electrons. The summed E-state index contributed by atoms with van der Waals surface area (Å²) in [4.78, 5) is 12.2. The molecule has 6 heteroatoms. The fourth-order valence-electron chi connectivity index (χ4n) is 1.95. The first-order chi connectivity index (χ1) is 10.3. The molecule has 1 amide bonds. The van der Waals surface area contributed by atoms with Crippen LogP contribution in [0, 0.1) is 0 Å². The highest BCUT2D eigenvalue weighted by atomic mass is 32.1. The molecule has 0 bridgehead atoms. The summed E-state index contributed by atoms with van der Waals surface area (Å²) in [5.41, 5.74) is -0.598. The van der Waals surface area contributed by atoms with E-state index in [4.69, 9.17) is 4.74 Å². The zero-order valence-electron chi connectivity index (χ0n) is 12.9. The molecule has 2 aromatic rings. The molecule has 0 aliphatic carbocycles. The minimum atomic E-state index is -1.10. The molecule has 0 spiro atoms. The Balaban J connectivity index is 1.94. The van der Waals surface area contributed by atoms with Gasteiger partial charge in [-0.1, -0.05) is 18.2 Å². The van der Waals surface area contributed by atoms with Crippen LogP contribution in [0.25, 0.3) is 10.1 Å². The molecule has 2 rings (SSSR count). The number of hydrogen-bond donors (Lipinski definition) is 3. The zero-order chi connectivity index (χ0) is 16.3. The van der Waals surface area contributed by atoms with E-state index in [1.165, 1.54) is 11.3 Å². The van der Waals surface area contributed by atoms with Crippen molar-refractivity contribution in [3.8, 4) is 0 Å². The number of benzene rings is 1. The van der Waals surface area contributed by atoms with Crippen LogP contribution in [-0.4, -0.2) is 34.6 Å².